The average Bonchev–Trinajstić information content (AvgIpc) is 2.56. The fourth-order valence-corrected chi connectivity index (χ4v) is 1.99. The first-order valence-corrected chi connectivity index (χ1v) is 8.02. The smallest absolute Gasteiger partial charge is 0.311 e. The highest BCUT2D eigenvalue weighted by Crippen LogP contribution is 2.27. The Labute approximate surface area is 144 Å². The van der Waals surface area contributed by atoms with E-state index in [2.05, 4.69) is 5.32 Å². The molecule has 1 N–H and O–H groups in total. The Morgan fingerprint density at radius 1 is 1.17 bits per heavy atom. The van der Waals surface area contributed by atoms with Crippen molar-refractivity contribution in [2.24, 2.45) is 5.41 Å². The molecule has 6 heteroatoms. The molecule has 24 heavy (non-hydrogen) atoms. The van der Waals surface area contributed by atoms with Gasteiger partial charge in [0.2, 0.25) is 0 Å². The molecule has 0 aliphatic heterocycles. The number of esters is 1. The van der Waals surface area contributed by atoms with Crippen molar-refractivity contribution in [2.45, 2.75) is 33.3 Å². The molecule has 135 valence electrons. The predicted molar refractivity (Wildman–Crippen MR) is 91.0 cm³/mol. The van der Waals surface area contributed by atoms with Gasteiger partial charge in [-0.3, -0.25) is 4.79 Å². The van der Waals surface area contributed by atoms with Crippen molar-refractivity contribution in [1.29, 1.82) is 0 Å². The number of hydrogen-bond acceptors (Lipinski definition) is 5. The van der Waals surface area contributed by atoms with Crippen LogP contribution in [0.4, 0.5) is 0 Å². The van der Waals surface area contributed by atoms with E-state index in [4.69, 9.17) is 14.2 Å². The summed E-state index contributed by atoms with van der Waals surface area (Å²) in [4.78, 5) is 11.8. The molecule has 1 atom stereocenters. The fourth-order valence-electron chi connectivity index (χ4n) is 1.99. The van der Waals surface area contributed by atoms with Crippen LogP contribution in [0.5, 0.6) is 11.5 Å². The van der Waals surface area contributed by atoms with E-state index in [0.717, 1.165) is 12.0 Å². The Balaban J connectivity index is 2.43. The lowest BCUT2D eigenvalue weighted by Gasteiger charge is -2.22. The fraction of sp³-hybridized carbons (Fsp3) is 0.611. The second kappa shape index (κ2) is 9.49. The molecule has 1 rings (SSSR count). The van der Waals surface area contributed by atoms with Crippen molar-refractivity contribution in [3.05, 3.63) is 23.8 Å². The average molecular weight is 338 g/mol. The Kier molecular flexibility index (Phi) is 8.01. The lowest BCUT2D eigenvalue weighted by molar-refractivity contribution is -0.161. The highest BCUT2D eigenvalue weighted by molar-refractivity contribution is 5.75. The van der Waals surface area contributed by atoms with Gasteiger partial charge in [0.25, 0.3) is 0 Å². The van der Waals surface area contributed by atoms with Crippen LogP contribution in [0.3, 0.4) is 0 Å². The minimum Gasteiger partial charge on any atom is -0.493 e. The third-order valence-electron chi connectivity index (χ3n) is 3.48. The SMILES string of the molecule is COc1ccc(CCNCC(C[O])OC(=O)C(C)(C)C)cc1OC. The maximum atomic E-state index is 11.8. The zero-order chi connectivity index (χ0) is 18.2. The zero-order valence-electron chi connectivity index (χ0n) is 15.2. The van der Waals surface area contributed by atoms with Gasteiger partial charge in [-0.2, -0.15) is 0 Å². The Bertz CT molecular complexity index is 525. The summed E-state index contributed by atoms with van der Waals surface area (Å²) in [5.41, 5.74) is 0.484. The van der Waals surface area contributed by atoms with Crippen LogP contribution in [0, 0.1) is 5.41 Å². The number of carbonyl (C=O) groups excluding carboxylic acids is 1. The molecule has 0 aliphatic rings. The second-order valence-electron chi connectivity index (χ2n) is 6.59. The quantitative estimate of drug-likeness (QED) is 0.552. The molecule has 0 aromatic heterocycles. The van der Waals surface area contributed by atoms with Crippen molar-refractivity contribution in [3.63, 3.8) is 0 Å². The lowest BCUT2D eigenvalue weighted by atomic mass is 9.97. The molecule has 1 aromatic carbocycles. The maximum Gasteiger partial charge on any atom is 0.311 e. The van der Waals surface area contributed by atoms with Crippen LogP contribution in [0.15, 0.2) is 18.2 Å². The van der Waals surface area contributed by atoms with Crippen LogP contribution in [0.1, 0.15) is 26.3 Å². The van der Waals surface area contributed by atoms with Crippen molar-refractivity contribution in [2.75, 3.05) is 33.9 Å². The summed E-state index contributed by atoms with van der Waals surface area (Å²) in [6.07, 6.45) is 0.112. The molecule has 0 fully saturated rings. The van der Waals surface area contributed by atoms with E-state index in [9.17, 15) is 9.90 Å². The third kappa shape index (κ3) is 6.37. The van der Waals surface area contributed by atoms with Crippen LogP contribution in [-0.4, -0.2) is 46.0 Å². The van der Waals surface area contributed by atoms with Gasteiger partial charge in [-0.25, -0.2) is 5.11 Å². The number of methoxy groups -OCH3 is 2. The molecule has 0 saturated heterocycles. The highest BCUT2D eigenvalue weighted by atomic mass is 16.6. The molecular weight excluding hydrogens is 310 g/mol. The summed E-state index contributed by atoms with van der Waals surface area (Å²) in [7, 11) is 3.20. The third-order valence-corrected chi connectivity index (χ3v) is 3.48. The van der Waals surface area contributed by atoms with Crippen LogP contribution in [-0.2, 0) is 21.1 Å². The highest BCUT2D eigenvalue weighted by Gasteiger charge is 2.26. The van der Waals surface area contributed by atoms with E-state index in [1.807, 2.05) is 18.2 Å². The molecule has 1 aromatic rings. The molecule has 0 heterocycles. The van der Waals surface area contributed by atoms with E-state index in [1.54, 1.807) is 35.0 Å². The molecule has 0 bridgehead atoms. The number of rotatable bonds is 9. The van der Waals surface area contributed by atoms with Gasteiger partial charge in [-0.05, 0) is 51.4 Å². The second-order valence-corrected chi connectivity index (χ2v) is 6.59. The van der Waals surface area contributed by atoms with Crippen molar-refractivity contribution < 1.29 is 24.1 Å². The maximum absolute atomic E-state index is 11.8. The molecule has 6 nitrogen and oxygen atoms in total. The van der Waals surface area contributed by atoms with E-state index in [-0.39, 0.29) is 5.97 Å². The van der Waals surface area contributed by atoms with Gasteiger partial charge < -0.3 is 19.5 Å². The molecule has 0 spiro atoms. The van der Waals surface area contributed by atoms with Gasteiger partial charge in [0.1, 0.15) is 12.7 Å². The van der Waals surface area contributed by atoms with Gasteiger partial charge in [-0.1, -0.05) is 6.07 Å². The Morgan fingerprint density at radius 2 is 1.83 bits per heavy atom. The van der Waals surface area contributed by atoms with Gasteiger partial charge in [0.05, 0.1) is 19.6 Å². The summed E-state index contributed by atoms with van der Waals surface area (Å²) in [6, 6.07) is 5.75. The number of ether oxygens (including phenoxy) is 3. The van der Waals surface area contributed by atoms with E-state index < -0.39 is 18.1 Å². The molecule has 0 amide bonds. The Hall–Kier alpha value is -1.79. The van der Waals surface area contributed by atoms with Gasteiger partial charge in [-0.15, -0.1) is 0 Å². The summed E-state index contributed by atoms with van der Waals surface area (Å²) in [5, 5.41) is 14.3. The van der Waals surface area contributed by atoms with Crippen LogP contribution in [0.25, 0.3) is 0 Å². The van der Waals surface area contributed by atoms with Crippen LogP contribution in [0.2, 0.25) is 0 Å². The minimum atomic E-state index is -0.651. The van der Waals surface area contributed by atoms with Crippen molar-refractivity contribution >= 4 is 5.97 Å². The van der Waals surface area contributed by atoms with Crippen molar-refractivity contribution in [3.8, 4) is 11.5 Å². The first kappa shape index (κ1) is 20.3. The molecule has 1 radical (unpaired) electrons. The van der Waals surface area contributed by atoms with Gasteiger partial charge in [0, 0.05) is 6.54 Å². The lowest BCUT2D eigenvalue weighted by Crippen LogP contribution is -2.37. The van der Waals surface area contributed by atoms with E-state index in [1.165, 1.54) is 0 Å². The van der Waals surface area contributed by atoms with Crippen LogP contribution < -0.4 is 14.8 Å². The Morgan fingerprint density at radius 3 is 2.38 bits per heavy atom. The summed E-state index contributed by atoms with van der Waals surface area (Å²) in [6.45, 7) is 5.86. The number of nitrogens with one attached hydrogen (secondary N) is 1. The molecule has 0 saturated carbocycles. The topological polar surface area (TPSA) is 76.7 Å². The zero-order valence-corrected chi connectivity index (χ0v) is 15.2. The van der Waals surface area contributed by atoms with E-state index >= 15 is 0 Å². The van der Waals surface area contributed by atoms with Gasteiger partial charge in [0.15, 0.2) is 11.5 Å². The largest absolute Gasteiger partial charge is 0.493 e. The minimum absolute atomic E-state index is 0.346. The summed E-state index contributed by atoms with van der Waals surface area (Å²) in [5.74, 6) is 1.02. The number of carbonyl (C=O) groups is 1. The predicted octanol–water partition coefficient (Wildman–Crippen LogP) is 2.22. The monoisotopic (exact) mass is 338 g/mol. The first-order chi connectivity index (χ1) is 11.3. The van der Waals surface area contributed by atoms with Gasteiger partial charge >= 0.3 is 5.97 Å². The standard InChI is InChI=1S/C18H28NO5/c1-18(2,3)17(21)24-14(12-20)11-19-9-8-13-6-7-15(22-4)16(10-13)23-5/h6-7,10,14,19H,8-9,11-12H2,1-5H3. The number of hydrogen-bond donors (Lipinski definition) is 1. The van der Waals surface area contributed by atoms with E-state index in [0.29, 0.717) is 24.6 Å². The molecule has 0 aliphatic carbocycles. The molecular formula is C18H28NO5. The first-order valence-electron chi connectivity index (χ1n) is 8.02. The number of benzene rings is 1. The normalized spacial score (nSPS) is 12.6. The van der Waals surface area contributed by atoms with Crippen molar-refractivity contribution in [1.82, 2.24) is 5.32 Å². The molecule has 1 unspecified atom stereocenters. The summed E-state index contributed by atoms with van der Waals surface area (Å²) < 4.78 is 15.7. The summed E-state index contributed by atoms with van der Waals surface area (Å²) >= 11 is 0. The van der Waals surface area contributed by atoms with Crippen LogP contribution >= 0.6 is 0 Å².